The van der Waals surface area contributed by atoms with E-state index in [0.717, 1.165) is 37.0 Å². The molecule has 0 bridgehead atoms. The van der Waals surface area contributed by atoms with E-state index in [1.165, 1.54) is 5.56 Å². The van der Waals surface area contributed by atoms with Crippen LogP contribution in [0.5, 0.6) is 5.75 Å². The minimum atomic E-state index is -0.318. The lowest BCUT2D eigenvalue weighted by atomic mass is 9.84. The van der Waals surface area contributed by atoms with Crippen LogP contribution in [0.15, 0.2) is 23.2 Å². The van der Waals surface area contributed by atoms with Crippen LogP contribution in [0.25, 0.3) is 0 Å². The number of aryl methyl sites for hydroxylation is 1. The van der Waals surface area contributed by atoms with Gasteiger partial charge in [0.2, 0.25) is 5.91 Å². The van der Waals surface area contributed by atoms with Crippen molar-refractivity contribution in [3.63, 3.8) is 0 Å². The number of nitrogens with one attached hydrogen (secondary N) is 2. The molecule has 0 spiro atoms. The van der Waals surface area contributed by atoms with Gasteiger partial charge in [0.25, 0.3) is 0 Å². The predicted molar refractivity (Wildman–Crippen MR) is 126 cm³/mol. The van der Waals surface area contributed by atoms with Crippen LogP contribution in [0.1, 0.15) is 43.7 Å². The number of amides is 1. The molecule has 1 saturated carbocycles. The van der Waals surface area contributed by atoms with Crippen molar-refractivity contribution in [3.8, 4) is 5.75 Å². The Bertz CT molecular complexity index is 670. The van der Waals surface area contributed by atoms with Crippen LogP contribution in [-0.4, -0.2) is 51.1 Å². The fourth-order valence-electron chi connectivity index (χ4n) is 3.74. The molecule has 28 heavy (non-hydrogen) atoms. The first-order valence-electron chi connectivity index (χ1n) is 9.80. The third kappa shape index (κ3) is 6.25. The number of carbonyl (C=O) groups excluding carboxylic acids is 1. The lowest BCUT2D eigenvalue weighted by molar-refractivity contribution is -0.138. The highest BCUT2D eigenvalue weighted by molar-refractivity contribution is 14.0. The van der Waals surface area contributed by atoms with Crippen LogP contribution < -0.4 is 15.4 Å². The van der Waals surface area contributed by atoms with Crippen molar-refractivity contribution in [2.24, 2.45) is 10.4 Å². The second-order valence-corrected chi connectivity index (χ2v) is 7.51. The summed E-state index contributed by atoms with van der Waals surface area (Å²) in [5, 5.41) is 6.72. The number of halogens is 1. The number of rotatable bonds is 7. The van der Waals surface area contributed by atoms with Crippen LogP contribution in [0.2, 0.25) is 0 Å². The highest BCUT2D eigenvalue weighted by Crippen LogP contribution is 2.38. The lowest BCUT2D eigenvalue weighted by Crippen LogP contribution is -2.49. The molecule has 158 valence electrons. The molecule has 1 aromatic carbocycles. The molecule has 0 unspecified atom stereocenters. The van der Waals surface area contributed by atoms with Gasteiger partial charge in [0.05, 0.1) is 12.0 Å². The van der Waals surface area contributed by atoms with E-state index in [0.29, 0.717) is 25.7 Å². The molecule has 1 aliphatic carbocycles. The maximum atomic E-state index is 12.7. The molecule has 6 nitrogen and oxygen atoms in total. The average Bonchev–Trinajstić information content (AvgIpc) is 3.13. The molecule has 1 amide bonds. The standard InChI is InChI=1S/C21H34N4O2.HI/c1-6-27-18-13-16(2)9-10-17(18)14-23-20(22-3)24-15-21(11-7-8-12-21)19(26)25(4)5;/h9-10,13H,6-8,11-12,14-15H2,1-5H3,(H2,22,23,24);1H. The Labute approximate surface area is 186 Å². The van der Waals surface area contributed by atoms with Gasteiger partial charge in [-0.2, -0.15) is 0 Å². The van der Waals surface area contributed by atoms with Crippen molar-refractivity contribution in [1.29, 1.82) is 0 Å². The zero-order chi connectivity index (χ0) is 19.9. The van der Waals surface area contributed by atoms with Crippen molar-refractivity contribution in [3.05, 3.63) is 29.3 Å². The SMILES string of the molecule is CCOc1cc(C)ccc1CNC(=NC)NCC1(C(=O)N(C)C)CCCC1.I. The first-order valence-corrected chi connectivity index (χ1v) is 9.80. The van der Waals surface area contributed by atoms with Crippen molar-refractivity contribution >= 4 is 35.8 Å². The molecule has 0 aliphatic heterocycles. The summed E-state index contributed by atoms with van der Waals surface area (Å²) in [6.45, 7) is 5.91. The largest absolute Gasteiger partial charge is 0.494 e. The van der Waals surface area contributed by atoms with E-state index >= 15 is 0 Å². The van der Waals surface area contributed by atoms with Crippen LogP contribution in [0.4, 0.5) is 0 Å². The van der Waals surface area contributed by atoms with E-state index in [2.05, 4.69) is 40.7 Å². The predicted octanol–water partition coefficient (Wildman–Crippen LogP) is 3.33. The smallest absolute Gasteiger partial charge is 0.230 e. The zero-order valence-electron chi connectivity index (χ0n) is 17.8. The van der Waals surface area contributed by atoms with Crippen LogP contribution >= 0.6 is 24.0 Å². The molecule has 1 fully saturated rings. The molecule has 7 heteroatoms. The number of aliphatic imine (C=N–C) groups is 1. The van der Waals surface area contributed by atoms with Gasteiger partial charge in [-0.15, -0.1) is 24.0 Å². The normalized spacial score (nSPS) is 15.5. The molecule has 0 radical (unpaired) electrons. The summed E-state index contributed by atoms with van der Waals surface area (Å²) in [6, 6.07) is 6.22. The highest BCUT2D eigenvalue weighted by atomic mass is 127. The Morgan fingerprint density at radius 3 is 2.50 bits per heavy atom. The molecule has 0 heterocycles. The van der Waals surface area contributed by atoms with Crippen molar-refractivity contribution in [2.75, 3.05) is 34.3 Å². The van der Waals surface area contributed by atoms with Crippen LogP contribution in [0.3, 0.4) is 0 Å². The molecule has 0 atom stereocenters. The van der Waals surface area contributed by atoms with E-state index < -0.39 is 0 Å². The second-order valence-electron chi connectivity index (χ2n) is 7.51. The van der Waals surface area contributed by atoms with Crippen LogP contribution in [0, 0.1) is 12.3 Å². The first-order chi connectivity index (χ1) is 12.9. The Balaban J connectivity index is 0.00000392. The number of benzene rings is 1. The summed E-state index contributed by atoms with van der Waals surface area (Å²) >= 11 is 0. The molecular weight excluding hydrogens is 467 g/mol. The summed E-state index contributed by atoms with van der Waals surface area (Å²) in [4.78, 5) is 18.7. The number of hydrogen-bond acceptors (Lipinski definition) is 3. The average molecular weight is 502 g/mol. The van der Waals surface area contributed by atoms with Gasteiger partial charge >= 0.3 is 0 Å². The third-order valence-electron chi connectivity index (χ3n) is 5.21. The minimum absolute atomic E-state index is 0. The summed E-state index contributed by atoms with van der Waals surface area (Å²) < 4.78 is 5.75. The quantitative estimate of drug-likeness (QED) is 0.341. The monoisotopic (exact) mass is 502 g/mol. The molecule has 2 rings (SSSR count). The van der Waals surface area contributed by atoms with E-state index in [9.17, 15) is 4.79 Å². The molecule has 1 aliphatic rings. The maximum Gasteiger partial charge on any atom is 0.230 e. The van der Waals surface area contributed by atoms with Crippen molar-refractivity contribution in [1.82, 2.24) is 15.5 Å². The molecular formula is C21H35IN4O2. The van der Waals surface area contributed by atoms with Crippen molar-refractivity contribution < 1.29 is 9.53 Å². The number of guanidine groups is 1. The Kier molecular flexibility index (Phi) is 10.1. The van der Waals surface area contributed by atoms with Gasteiger partial charge in [-0.05, 0) is 38.3 Å². The van der Waals surface area contributed by atoms with E-state index in [1.54, 1.807) is 11.9 Å². The highest BCUT2D eigenvalue weighted by Gasteiger charge is 2.42. The lowest BCUT2D eigenvalue weighted by Gasteiger charge is -2.31. The van der Waals surface area contributed by atoms with Gasteiger partial charge in [-0.3, -0.25) is 9.79 Å². The zero-order valence-corrected chi connectivity index (χ0v) is 20.1. The fraction of sp³-hybridized carbons (Fsp3) is 0.619. The summed E-state index contributed by atoms with van der Waals surface area (Å²) in [7, 11) is 5.42. The minimum Gasteiger partial charge on any atom is -0.494 e. The topological polar surface area (TPSA) is 66.0 Å². The summed E-state index contributed by atoms with van der Waals surface area (Å²) in [6.07, 6.45) is 4.07. The van der Waals surface area contributed by atoms with Crippen molar-refractivity contribution in [2.45, 2.75) is 46.1 Å². The first kappa shape index (κ1) is 24.5. The van der Waals surface area contributed by atoms with Gasteiger partial charge in [0.15, 0.2) is 5.96 Å². The van der Waals surface area contributed by atoms with Gasteiger partial charge in [0, 0.05) is 39.8 Å². The fourth-order valence-corrected chi connectivity index (χ4v) is 3.74. The second kappa shape index (κ2) is 11.5. The van der Waals surface area contributed by atoms with E-state index in [-0.39, 0.29) is 35.3 Å². The Morgan fingerprint density at radius 1 is 1.25 bits per heavy atom. The molecule has 2 N–H and O–H groups in total. The van der Waals surface area contributed by atoms with Crippen LogP contribution in [-0.2, 0) is 11.3 Å². The number of hydrogen-bond donors (Lipinski definition) is 2. The summed E-state index contributed by atoms with van der Waals surface area (Å²) in [5.41, 5.74) is 1.95. The van der Waals surface area contributed by atoms with Gasteiger partial charge in [-0.1, -0.05) is 25.0 Å². The van der Waals surface area contributed by atoms with Gasteiger partial charge in [-0.25, -0.2) is 0 Å². The number of ether oxygens (including phenoxy) is 1. The Hall–Kier alpha value is -1.51. The summed E-state index contributed by atoms with van der Waals surface area (Å²) in [5.74, 6) is 1.81. The van der Waals surface area contributed by atoms with Gasteiger partial charge in [0.1, 0.15) is 5.75 Å². The third-order valence-corrected chi connectivity index (χ3v) is 5.21. The maximum absolute atomic E-state index is 12.7. The van der Waals surface area contributed by atoms with E-state index in [4.69, 9.17) is 4.74 Å². The number of carbonyl (C=O) groups is 1. The molecule has 1 aromatic rings. The molecule has 0 saturated heterocycles. The molecule has 0 aromatic heterocycles. The number of nitrogens with zero attached hydrogens (tertiary/aromatic N) is 2. The Morgan fingerprint density at radius 2 is 1.93 bits per heavy atom. The van der Waals surface area contributed by atoms with E-state index in [1.807, 2.05) is 21.0 Å². The van der Waals surface area contributed by atoms with Gasteiger partial charge < -0.3 is 20.3 Å².